The minimum absolute atomic E-state index is 0.0723. The Morgan fingerprint density at radius 2 is 1.95 bits per heavy atom. The molecule has 1 fully saturated rings. The van der Waals surface area contributed by atoms with Gasteiger partial charge in [0.05, 0.1) is 11.7 Å². The van der Waals surface area contributed by atoms with Crippen LogP contribution in [0, 0.1) is 0 Å². The summed E-state index contributed by atoms with van der Waals surface area (Å²) in [5.41, 5.74) is 0.432. The molecule has 5 nitrogen and oxygen atoms in total. The first-order valence-corrected chi connectivity index (χ1v) is 7.65. The van der Waals surface area contributed by atoms with Crippen LogP contribution >= 0.6 is 0 Å². The van der Waals surface area contributed by atoms with Gasteiger partial charge in [-0.3, -0.25) is 0 Å². The van der Waals surface area contributed by atoms with Crippen LogP contribution in [0.2, 0.25) is 0 Å². The van der Waals surface area contributed by atoms with Gasteiger partial charge in [0.1, 0.15) is 11.1 Å². The van der Waals surface area contributed by atoms with Gasteiger partial charge in [0, 0.05) is 7.11 Å². The number of rotatable bonds is 4. The Morgan fingerprint density at radius 3 is 2.59 bits per heavy atom. The molecule has 2 heterocycles. The molecule has 6 heteroatoms. The van der Waals surface area contributed by atoms with Crippen LogP contribution in [0.15, 0.2) is 28.7 Å². The van der Waals surface area contributed by atoms with Crippen molar-refractivity contribution in [3.05, 3.63) is 24.3 Å². The number of benzene rings is 1. The van der Waals surface area contributed by atoms with E-state index in [4.69, 9.17) is 18.5 Å². The van der Waals surface area contributed by atoms with Gasteiger partial charge >= 0.3 is 7.12 Å². The van der Waals surface area contributed by atoms with Crippen molar-refractivity contribution < 1.29 is 18.5 Å². The minimum atomic E-state index is -0.628. The molecule has 1 aromatic heterocycles. The molecular formula is C16H22BNO4. The average molecular weight is 303 g/mol. The van der Waals surface area contributed by atoms with Crippen LogP contribution in [0.25, 0.3) is 11.1 Å². The fraction of sp³-hybridized carbons (Fsp3) is 0.562. The second kappa shape index (κ2) is 5.37. The summed E-state index contributed by atoms with van der Waals surface area (Å²) in [6.45, 7) is 8.12. The number of nitrogens with zero attached hydrogens (tertiary/aromatic N) is 1. The van der Waals surface area contributed by atoms with Gasteiger partial charge in [-0.1, -0.05) is 19.1 Å². The van der Waals surface area contributed by atoms with Gasteiger partial charge in [-0.2, -0.15) is 0 Å². The number of hydrogen-bond acceptors (Lipinski definition) is 5. The molecule has 0 saturated carbocycles. The van der Waals surface area contributed by atoms with Gasteiger partial charge in [0.2, 0.25) is 5.79 Å². The standard InChI is InChI=1S/C16H22BNO4/c1-6-13(19-5)16(4)15(2,3)21-17(22-16)14-18-11-9-7-8-10-12(11)20-14/h7-10,13H,6H2,1-5H3. The van der Waals surface area contributed by atoms with Crippen LogP contribution in [0.4, 0.5) is 0 Å². The van der Waals surface area contributed by atoms with Crippen LogP contribution < -0.4 is 5.79 Å². The molecule has 118 valence electrons. The molecule has 2 aromatic rings. The summed E-state index contributed by atoms with van der Waals surface area (Å²) in [6, 6.07) is 7.64. The first-order valence-electron chi connectivity index (χ1n) is 7.65. The van der Waals surface area contributed by atoms with Gasteiger partial charge in [0.15, 0.2) is 5.58 Å². The molecule has 0 aliphatic carbocycles. The molecular weight excluding hydrogens is 281 g/mol. The Labute approximate surface area is 131 Å². The number of aromatic nitrogens is 1. The summed E-state index contributed by atoms with van der Waals surface area (Å²) < 4.78 is 23.7. The fourth-order valence-corrected chi connectivity index (χ4v) is 3.11. The van der Waals surface area contributed by atoms with Gasteiger partial charge < -0.3 is 18.5 Å². The molecule has 1 aliphatic rings. The van der Waals surface area contributed by atoms with Crippen molar-refractivity contribution in [2.75, 3.05) is 7.11 Å². The monoisotopic (exact) mass is 303 g/mol. The molecule has 0 amide bonds. The van der Waals surface area contributed by atoms with E-state index in [-0.39, 0.29) is 6.10 Å². The highest BCUT2D eigenvalue weighted by molar-refractivity contribution is 6.60. The van der Waals surface area contributed by atoms with Crippen molar-refractivity contribution >= 4 is 24.0 Å². The summed E-state index contributed by atoms with van der Waals surface area (Å²) in [5.74, 6) is 0.448. The highest BCUT2D eigenvalue weighted by atomic mass is 16.7. The lowest BCUT2D eigenvalue weighted by molar-refractivity contribution is -0.113. The maximum Gasteiger partial charge on any atom is 0.554 e. The average Bonchev–Trinajstić information content (AvgIpc) is 3.00. The van der Waals surface area contributed by atoms with Crippen molar-refractivity contribution in [3.8, 4) is 0 Å². The molecule has 0 N–H and O–H groups in total. The van der Waals surface area contributed by atoms with E-state index >= 15 is 0 Å². The first kappa shape index (κ1) is 15.5. The third kappa shape index (κ3) is 2.26. The Kier molecular flexibility index (Phi) is 3.79. The summed E-state index contributed by atoms with van der Waals surface area (Å²) in [6.07, 6.45) is 0.761. The van der Waals surface area contributed by atoms with E-state index < -0.39 is 18.3 Å². The summed E-state index contributed by atoms with van der Waals surface area (Å²) in [7, 11) is 1.07. The topological polar surface area (TPSA) is 53.7 Å². The normalized spacial score (nSPS) is 25.8. The molecule has 3 rings (SSSR count). The largest absolute Gasteiger partial charge is 0.554 e. The number of hydrogen-bond donors (Lipinski definition) is 0. The smallest absolute Gasteiger partial charge is 0.444 e. The number of para-hydroxylation sites is 2. The minimum Gasteiger partial charge on any atom is -0.444 e. The molecule has 1 aromatic carbocycles. The van der Waals surface area contributed by atoms with Gasteiger partial charge in [-0.15, -0.1) is 0 Å². The van der Waals surface area contributed by atoms with Crippen molar-refractivity contribution in [1.29, 1.82) is 0 Å². The highest BCUT2D eigenvalue weighted by Gasteiger charge is 2.59. The van der Waals surface area contributed by atoms with Crippen LogP contribution in [-0.4, -0.2) is 36.5 Å². The SMILES string of the molecule is CCC(OC)C1(C)OB(c2nc3ccccc3o2)OC1(C)C. The number of fused-ring (bicyclic) bond motifs is 1. The second-order valence-electron chi connectivity index (χ2n) is 6.34. The van der Waals surface area contributed by atoms with E-state index in [9.17, 15) is 0 Å². The maximum atomic E-state index is 6.22. The Hall–Kier alpha value is -1.37. The fourth-order valence-electron chi connectivity index (χ4n) is 3.11. The number of ether oxygens (including phenoxy) is 1. The zero-order chi connectivity index (χ0) is 16.0. The van der Waals surface area contributed by atoms with Gasteiger partial charge in [-0.25, -0.2) is 4.98 Å². The van der Waals surface area contributed by atoms with E-state index in [0.717, 1.165) is 17.5 Å². The molecule has 1 saturated heterocycles. The van der Waals surface area contributed by atoms with Crippen molar-refractivity contribution in [1.82, 2.24) is 4.98 Å². The van der Waals surface area contributed by atoms with E-state index in [1.54, 1.807) is 7.11 Å². The Morgan fingerprint density at radius 1 is 1.23 bits per heavy atom. The van der Waals surface area contributed by atoms with Gasteiger partial charge in [-0.05, 0) is 39.3 Å². The number of oxazole rings is 1. The highest BCUT2D eigenvalue weighted by Crippen LogP contribution is 2.41. The van der Waals surface area contributed by atoms with E-state index in [0.29, 0.717) is 5.79 Å². The lowest BCUT2D eigenvalue weighted by Gasteiger charge is -2.41. The Bertz CT molecular complexity index is 634. The van der Waals surface area contributed by atoms with Crippen LogP contribution in [0.3, 0.4) is 0 Å². The molecule has 2 unspecified atom stereocenters. The number of methoxy groups -OCH3 is 1. The van der Waals surface area contributed by atoms with E-state index in [1.807, 2.05) is 45.0 Å². The predicted molar refractivity (Wildman–Crippen MR) is 85.1 cm³/mol. The van der Waals surface area contributed by atoms with Crippen molar-refractivity contribution in [2.45, 2.75) is 51.4 Å². The molecule has 1 aliphatic heterocycles. The van der Waals surface area contributed by atoms with Gasteiger partial charge in [0.25, 0.3) is 0 Å². The van der Waals surface area contributed by atoms with E-state index in [1.165, 1.54) is 0 Å². The maximum absolute atomic E-state index is 6.22. The second-order valence-corrected chi connectivity index (χ2v) is 6.34. The zero-order valence-corrected chi connectivity index (χ0v) is 13.8. The zero-order valence-electron chi connectivity index (χ0n) is 13.8. The third-order valence-corrected chi connectivity index (χ3v) is 4.73. The molecule has 22 heavy (non-hydrogen) atoms. The van der Waals surface area contributed by atoms with Crippen LogP contribution in [-0.2, 0) is 14.0 Å². The predicted octanol–water partition coefficient (Wildman–Crippen LogP) is 2.53. The summed E-state index contributed by atoms with van der Waals surface area (Å²) >= 11 is 0. The van der Waals surface area contributed by atoms with Crippen LogP contribution in [0.5, 0.6) is 0 Å². The lowest BCUT2D eigenvalue weighted by Crippen LogP contribution is -2.54. The summed E-state index contributed by atoms with van der Waals surface area (Å²) in [5, 5.41) is 0. The molecule has 0 radical (unpaired) electrons. The molecule has 2 atom stereocenters. The lowest BCUT2D eigenvalue weighted by atomic mass is 9.81. The molecule has 0 spiro atoms. The molecule has 0 bridgehead atoms. The van der Waals surface area contributed by atoms with Crippen LogP contribution in [0.1, 0.15) is 34.1 Å². The quantitative estimate of drug-likeness (QED) is 0.812. The van der Waals surface area contributed by atoms with Crippen molar-refractivity contribution in [3.63, 3.8) is 0 Å². The summed E-state index contributed by atoms with van der Waals surface area (Å²) in [4.78, 5) is 4.48. The Balaban J connectivity index is 1.94. The van der Waals surface area contributed by atoms with E-state index in [2.05, 4.69) is 11.9 Å². The third-order valence-electron chi connectivity index (χ3n) is 4.73. The first-order chi connectivity index (χ1) is 10.4. The van der Waals surface area contributed by atoms with Crippen molar-refractivity contribution in [2.24, 2.45) is 0 Å².